The highest BCUT2D eigenvalue weighted by Gasteiger charge is 2.25. The predicted octanol–water partition coefficient (Wildman–Crippen LogP) is 1.57. The minimum absolute atomic E-state index is 0.140. The third kappa shape index (κ3) is 7.58. The van der Waals surface area contributed by atoms with Crippen molar-refractivity contribution in [3.05, 3.63) is 65.7 Å². The molecule has 178 valence electrons. The number of nitrogens with zero attached hydrogens (tertiary/aromatic N) is 1. The second kappa shape index (κ2) is 11.3. The van der Waals surface area contributed by atoms with E-state index < -0.39 is 34.2 Å². The van der Waals surface area contributed by atoms with Crippen LogP contribution in [0.2, 0.25) is 0 Å². The van der Waals surface area contributed by atoms with Crippen LogP contribution in [0.15, 0.2) is 53.4 Å². The number of ether oxygens (including phenoxy) is 1. The molecule has 33 heavy (non-hydrogen) atoms. The lowest BCUT2D eigenvalue weighted by Gasteiger charge is -2.25. The maximum atomic E-state index is 13.1. The number of carbonyl (C=O) groups is 2. The van der Waals surface area contributed by atoms with Crippen LogP contribution in [-0.2, 0) is 30.9 Å². The van der Waals surface area contributed by atoms with E-state index in [1.165, 1.54) is 29.2 Å². The van der Waals surface area contributed by atoms with Crippen molar-refractivity contribution in [2.45, 2.75) is 30.4 Å². The Labute approximate surface area is 191 Å². The van der Waals surface area contributed by atoms with Gasteiger partial charge >= 0.3 is 0 Å². The smallest absolute Gasteiger partial charge is 0.241 e. The fourth-order valence-corrected chi connectivity index (χ4v) is 4.26. The van der Waals surface area contributed by atoms with Gasteiger partial charge < -0.3 is 15.0 Å². The Morgan fingerprint density at radius 1 is 1.03 bits per heavy atom. The molecule has 0 bridgehead atoms. The number of carbonyl (C=O) groups excluding carboxylic acids is 2. The number of rotatable bonds is 10. The van der Waals surface area contributed by atoms with Crippen molar-refractivity contribution in [3.8, 4) is 0 Å². The van der Waals surface area contributed by atoms with Crippen LogP contribution in [0.4, 0.5) is 8.78 Å². The summed E-state index contributed by atoms with van der Waals surface area (Å²) in [5.74, 6) is -2.03. The van der Waals surface area contributed by atoms with E-state index in [1.807, 2.05) is 0 Å². The van der Waals surface area contributed by atoms with Crippen LogP contribution >= 0.6 is 0 Å². The van der Waals surface area contributed by atoms with Crippen molar-refractivity contribution in [2.24, 2.45) is 0 Å². The topological polar surface area (TPSA) is 105 Å². The first-order valence-electron chi connectivity index (χ1n) is 10.4. The predicted molar refractivity (Wildman–Crippen MR) is 115 cm³/mol. The van der Waals surface area contributed by atoms with E-state index >= 15 is 0 Å². The third-order valence-corrected chi connectivity index (χ3v) is 6.49. The van der Waals surface area contributed by atoms with Crippen molar-refractivity contribution >= 4 is 21.8 Å². The normalized spacial score (nSPS) is 15.9. The Kier molecular flexibility index (Phi) is 8.48. The summed E-state index contributed by atoms with van der Waals surface area (Å²) in [7, 11) is -4.04. The molecule has 1 aliphatic rings. The number of hydrogen-bond donors (Lipinski definition) is 2. The van der Waals surface area contributed by atoms with Gasteiger partial charge in [0.2, 0.25) is 21.8 Å². The summed E-state index contributed by atoms with van der Waals surface area (Å²) >= 11 is 0. The van der Waals surface area contributed by atoms with Crippen LogP contribution in [0.3, 0.4) is 0 Å². The van der Waals surface area contributed by atoms with Gasteiger partial charge in [0, 0.05) is 19.7 Å². The SMILES string of the molecule is O=C(CN(C[C@@H]1CCCO1)C(=O)CNS(=O)(=O)c1ccc(F)cc1)NCc1ccc(F)cc1. The van der Waals surface area contributed by atoms with Crippen molar-refractivity contribution in [3.63, 3.8) is 0 Å². The molecule has 1 fully saturated rings. The maximum Gasteiger partial charge on any atom is 0.241 e. The quantitative estimate of drug-likeness (QED) is 0.536. The molecule has 0 spiro atoms. The summed E-state index contributed by atoms with van der Waals surface area (Å²) in [6, 6.07) is 9.83. The first-order valence-corrected chi connectivity index (χ1v) is 11.9. The molecule has 8 nitrogen and oxygen atoms in total. The van der Waals surface area contributed by atoms with Gasteiger partial charge in [-0.15, -0.1) is 0 Å². The molecule has 11 heteroatoms. The van der Waals surface area contributed by atoms with Gasteiger partial charge in [0.1, 0.15) is 11.6 Å². The van der Waals surface area contributed by atoms with Crippen molar-refractivity contribution in [1.82, 2.24) is 14.9 Å². The monoisotopic (exact) mass is 481 g/mol. The van der Waals surface area contributed by atoms with Gasteiger partial charge in [-0.3, -0.25) is 9.59 Å². The van der Waals surface area contributed by atoms with Gasteiger partial charge in [0.15, 0.2) is 0 Å². The van der Waals surface area contributed by atoms with Gasteiger partial charge in [0.05, 0.1) is 24.1 Å². The van der Waals surface area contributed by atoms with E-state index in [2.05, 4.69) is 10.0 Å². The molecule has 0 saturated carbocycles. The largest absolute Gasteiger partial charge is 0.376 e. The third-order valence-electron chi connectivity index (χ3n) is 5.08. The molecule has 2 aromatic rings. The zero-order valence-electron chi connectivity index (χ0n) is 17.8. The molecule has 0 aliphatic carbocycles. The van der Waals surface area contributed by atoms with Crippen LogP contribution in [0.5, 0.6) is 0 Å². The van der Waals surface area contributed by atoms with Gasteiger partial charge in [-0.25, -0.2) is 21.9 Å². The summed E-state index contributed by atoms with van der Waals surface area (Å²) in [4.78, 5) is 26.3. The zero-order valence-corrected chi connectivity index (χ0v) is 18.6. The van der Waals surface area contributed by atoms with E-state index in [1.54, 1.807) is 0 Å². The molecule has 2 amide bonds. The number of halogens is 2. The number of hydrogen-bond acceptors (Lipinski definition) is 5. The Morgan fingerprint density at radius 3 is 2.27 bits per heavy atom. The Hall–Kier alpha value is -2.89. The fraction of sp³-hybridized carbons (Fsp3) is 0.364. The summed E-state index contributed by atoms with van der Waals surface area (Å²) in [6.45, 7) is -0.0180. The molecule has 2 N–H and O–H groups in total. The average Bonchev–Trinajstić information content (AvgIpc) is 3.30. The fourth-order valence-electron chi connectivity index (χ4n) is 3.29. The van der Waals surface area contributed by atoms with Crippen LogP contribution in [0.25, 0.3) is 0 Å². The lowest BCUT2D eigenvalue weighted by atomic mass is 10.2. The van der Waals surface area contributed by atoms with Gasteiger partial charge in [-0.1, -0.05) is 12.1 Å². The highest BCUT2D eigenvalue weighted by Crippen LogP contribution is 2.14. The van der Waals surface area contributed by atoms with Gasteiger partial charge in [-0.05, 0) is 54.8 Å². The second-order valence-corrected chi connectivity index (χ2v) is 9.36. The molecule has 1 saturated heterocycles. The van der Waals surface area contributed by atoms with Crippen LogP contribution in [0, 0.1) is 11.6 Å². The average molecular weight is 482 g/mol. The van der Waals surface area contributed by atoms with E-state index in [-0.39, 0.29) is 36.5 Å². The highest BCUT2D eigenvalue weighted by molar-refractivity contribution is 7.89. The van der Waals surface area contributed by atoms with Crippen LogP contribution in [-0.4, -0.2) is 57.5 Å². The molecule has 0 radical (unpaired) electrons. The molecule has 2 aromatic carbocycles. The summed E-state index contributed by atoms with van der Waals surface area (Å²) in [5.41, 5.74) is 0.689. The van der Waals surface area contributed by atoms with Crippen LogP contribution < -0.4 is 10.0 Å². The van der Waals surface area contributed by atoms with Crippen molar-refractivity contribution in [2.75, 3.05) is 26.2 Å². The molecule has 1 aliphatic heterocycles. The summed E-state index contributed by atoms with van der Waals surface area (Å²) in [5, 5.41) is 2.66. The standard InChI is InChI=1S/C22H25F2N3O5S/c23-17-5-3-16(4-6-17)12-25-21(28)15-27(14-19-2-1-11-32-19)22(29)13-26-33(30,31)20-9-7-18(24)8-10-20/h3-10,19,26H,1-2,11-15H2,(H,25,28)/t19-/m0/s1. The molecule has 0 unspecified atom stereocenters. The molecule has 3 rings (SSSR count). The van der Waals surface area contributed by atoms with Gasteiger partial charge in [-0.2, -0.15) is 0 Å². The first-order chi connectivity index (χ1) is 15.7. The summed E-state index contributed by atoms with van der Waals surface area (Å²) in [6.07, 6.45) is 1.32. The Bertz CT molecular complexity index is 1060. The number of amides is 2. The van der Waals surface area contributed by atoms with Crippen LogP contribution in [0.1, 0.15) is 18.4 Å². The maximum absolute atomic E-state index is 13.1. The van der Waals surface area contributed by atoms with E-state index in [0.29, 0.717) is 12.2 Å². The molecule has 1 heterocycles. The molecular weight excluding hydrogens is 456 g/mol. The number of nitrogens with one attached hydrogen (secondary N) is 2. The Balaban J connectivity index is 1.59. The lowest BCUT2D eigenvalue weighted by Crippen LogP contribution is -2.47. The molecular formula is C22H25F2N3O5S. The minimum Gasteiger partial charge on any atom is -0.376 e. The van der Waals surface area contributed by atoms with Crippen molar-refractivity contribution in [1.29, 1.82) is 0 Å². The van der Waals surface area contributed by atoms with E-state index in [4.69, 9.17) is 4.74 Å². The zero-order chi connectivity index (χ0) is 23.8. The molecule has 1 atom stereocenters. The Morgan fingerprint density at radius 2 is 1.67 bits per heavy atom. The second-order valence-electron chi connectivity index (χ2n) is 7.59. The first kappa shape index (κ1) is 24.7. The highest BCUT2D eigenvalue weighted by atomic mass is 32.2. The molecule has 0 aromatic heterocycles. The van der Waals surface area contributed by atoms with Gasteiger partial charge in [0.25, 0.3) is 0 Å². The number of sulfonamides is 1. The number of benzene rings is 2. The lowest BCUT2D eigenvalue weighted by molar-refractivity contribution is -0.136. The van der Waals surface area contributed by atoms with Crippen molar-refractivity contribution < 1.29 is 31.5 Å². The summed E-state index contributed by atoms with van der Waals surface area (Å²) < 4.78 is 58.6. The van der Waals surface area contributed by atoms with E-state index in [0.717, 1.165) is 37.1 Å². The van der Waals surface area contributed by atoms with E-state index in [9.17, 15) is 26.8 Å². The minimum atomic E-state index is -4.04.